The van der Waals surface area contributed by atoms with Crippen LogP contribution in [0, 0.1) is 0 Å². The van der Waals surface area contributed by atoms with Crippen LogP contribution in [0.1, 0.15) is 13.8 Å². The van der Waals surface area contributed by atoms with E-state index in [1.807, 2.05) is 19.9 Å². The summed E-state index contributed by atoms with van der Waals surface area (Å²) >= 11 is -1.84. The first-order chi connectivity index (χ1) is 14.6. The molecule has 152 valence electrons. The van der Waals surface area contributed by atoms with Gasteiger partial charge in [-0.1, -0.05) is 66.7 Å². The van der Waals surface area contributed by atoms with Gasteiger partial charge in [0.1, 0.15) is 0 Å². The Morgan fingerprint density at radius 3 is 1.63 bits per heavy atom. The van der Waals surface area contributed by atoms with Crippen LogP contribution in [-0.2, 0) is 18.9 Å². The molecule has 0 atom stereocenters. The molecule has 0 saturated carbocycles. The molecule has 0 bridgehead atoms. The van der Waals surface area contributed by atoms with Gasteiger partial charge in [-0.25, -0.2) is 0 Å². The van der Waals surface area contributed by atoms with Gasteiger partial charge in [0.05, 0.1) is 0 Å². The Morgan fingerprint density at radius 1 is 0.667 bits per heavy atom. The summed E-state index contributed by atoms with van der Waals surface area (Å²) in [5, 5.41) is 5.39. The summed E-state index contributed by atoms with van der Waals surface area (Å²) in [6, 6.07) is 38.0. The van der Waals surface area contributed by atoms with Crippen molar-refractivity contribution in [2.75, 3.05) is 0 Å². The summed E-state index contributed by atoms with van der Waals surface area (Å²) in [4.78, 5) is 0. The van der Waals surface area contributed by atoms with Crippen molar-refractivity contribution in [2.24, 2.45) is 0 Å². The first-order valence-electron chi connectivity index (χ1n) is 9.85. The number of fused-ring (bicyclic) bond motifs is 3. The van der Waals surface area contributed by atoms with E-state index >= 15 is 0 Å². The molecule has 0 N–H and O–H groups in total. The van der Waals surface area contributed by atoms with Crippen molar-refractivity contribution in [3.63, 3.8) is 0 Å². The molecular weight excluding hydrogens is 486 g/mol. The third kappa shape index (κ3) is 6.35. The third-order valence-corrected chi connectivity index (χ3v) is 11.0. The topological polar surface area (TPSA) is 0 Å². The van der Waals surface area contributed by atoms with Gasteiger partial charge in [0.15, 0.2) is 0 Å². The van der Waals surface area contributed by atoms with Gasteiger partial charge in [0, 0.05) is 0 Å². The molecule has 0 unspecified atom stereocenters. The molecule has 0 aromatic heterocycles. The first-order valence-corrected chi connectivity index (χ1v) is 17.4. The Hall–Kier alpha value is -1.79. The van der Waals surface area contributed by atoms with Gasteiger partial charge in [-0.05, 0) is 0 Å². The van der Waals surface area contributed by atoms with Crippen molar-refractivity contribution in [1.29, 1.82) is 0 Å². The van der Waals surface area contributed by atoms with Crippen molar-refractivity contribution in [3.05, 3.63) is 109 Å². The molecule has 5 aromatic rings. The smallest absolute Gasteiger partial charge is 0.0638 e. The second-order valence-electron chi connectivity index (χ2n) is 7.12. The van der Waals surface area contributed by atoms with E-state index in [4.69, 9.17) is 17.0 Å². The SMILES string of the molecule is C[C](C)=[Zr]([Cl])[Cl].c1ccc(-c2ccc[cH-]2)cc1.c1ccc2c(c1)[cH-]c1ccccc12. The molecule has 0 fully saturated rings. The van der Waals surface area contributed by atoms with Gasteiger partial charge in [-0.2, -0.15) is 23.8 Å². The molecule has 0 aliphatic heterocycles. The minimum Gasteiger partial charge on any atom is -0.176 e. The minimum absolute atomic E-state index is 1.24. The molecule has 5 aromatic carbocycles. The molecule has 0 aliphatic carbocycles. The zero-order valence-electron chi connectivity index (χ0n) is 17.1. The zero-order valence-corrected chi connectivity index (χ0v) is 21.1. The molecule has 5 rings (SSSR count). The summed E-state index contributed by atoms with van der Waals surface area (Å²) in [6.07, 6.45) is 0. The van der Waals surface area contributed by atoms with Crippen LogP contribution in [0.4, 0.5) is 0 Å². The summed E-state index contributed by atoms with van der Waals surface area (Å²) in [5.41, 5.74) is 2.59. The maximum absolute atomic E-state index is 5.54. The molecule has 0 aliphatic rings. The van der Waals surface area contributed by atoms with Gasteiger partial charge >= 0.3 is 53.0 Å². The van der Waals surface area contributed by atoms with E-state index in [-0.39, 0.29) is 0 Å². The maximum atomic E-state index is 5.54. The van der Waals surface area contributed by atoms with Crippen molar-refractivity contribution in [2.45, 2.75) is 13.8 Å². The average molecular weight is 511 g/mol. The Balaban J connectivity index is 0.000000138. The van der Waals surface area contributed by atoms with E-state index in [1.165, 1.54) is 35.9 Å². The van der Waals surface area contributed by atoms with Gasteiger partial charge in [-0.3, -0.25) is 0 Å². The van der Waals surface area contributed by atoms with E-state index < -0.39 is 18.9 Å². The van der Waals surface area contributed by atoms with E-state index in [0.717, 1.165) is 0 Å². The fraction of sp³-hybridized carbons (Fsp3) is 0.0741. The molecule has 0 radical (unpaired) electrons. The van der Waals surface area contributed by atoms with E-state index in [2.05, 4.69) is 103 Å². The maximum Gasteiger partial charge on any atom is -0.0638 e. The predicted octanol–water partition coefficient (Wildman–Crippen LogP) is 8.91. The van der Waals surface area contributed by atoms with E-state index in [0.29, 0.717) is 0 Å². The van der Waals surface area contributed by atoms with Crippen molar-refractivity contribution < 1.29 is 18.9 Å². The summed E-state index contributed by atoms with van der Waals surface area (Å²) in [7, 11) is 11.1. The van der Waals surface area contributed by atoms with Crippen LogP contribution < -0.4 is 0 Å². The summed E-state index contributed by atoms with van der Waals surface area (Å²) in [5.74, 6) is 0. The third-order valence-electron chi connectivity index (χ3n) is 4.67. The summed E-state index contributed by atoms with van der Waals surface area (Å²) < 4.78 is 1.24. The van der Waals surface area contributed by atoms with Crippen LogP contribution in [0.3, 0.4) is 0 Å². The predicted molar refractivity (Wildman–Crippen MR) is 133 cm³/mol. The van der Waals surface area contributed by atoms with E-state index in [9.17, 15) is 0 Å². The number of hydrogen-bond donors (Lipinski definition) is 0. The second kappa shape index (κ2) is 11.6. The van der Waals surface area contributed by atoms with Gasteiger partial charge in [-0.15, -0.1) is 51.4 Å². The van der Waals surface area contributed by atoms with Crippen LogP contribution in [-0.4, -0.2) is 3.21 Å². The molecule has 0 amide bonds. The van der Waals surface area contributed by atoms with Gasteiger partial charge in [0.25, 0.3) is 0 Å². The molecule has 0 saturated heterocycles. The molecule has 30 heavy (non-hydrogen) atoms. The Bertz CT molecular complexity index is 1150. The molecule has 3 heteroatoms. The molecule has 0 nitrogen and oxygen atoms in total. The number of benzene rings is 3. The van der Waals surface area contributed by atoms with Crippen molar-refractivity contribution >= 4 is 41.8 Å². The number of rotatable bonds is 1. The van der Waals surface area contributed by atoms with Gasteiger partial charge < -0.3 is 0 Å². The monoisotopic (exact) mass is 508 g/mol. The standard InChI is InChI=1S/C13H9.C11H9.C3H6.2ClH.Zr/c1-3-7-12-10(5-1)9-11-6-2-4-8-13(11)12;1-2-6-10(7-3-1)11-8-4-5-9-11;1-3-2;;;/h1-9H;1-9H;1-2H3;2*1H;/q2*-1;;;;+2/p-2. The van der Waals surface area contributed by atoms with E-state index in [1.54, 1.807) is 0 Å². The van der Waals surface area contributed by atoms with Crippen LogP contribution in [0.5, 0.6) is 0 Å². The number of halogens is 2. The fourth-order valence-electron chi connectivity index (χ4n) is 3.10. The van der Waals surface area contributed by atoms with Crippen molar-refractivity contribution in [1.82, 2.24) is 0 Å². The Labute approximate surface area is 193 Å². The summed E-state index contributed by atoms with van der Waals surface area (Å²) in [6.45, 7) is 3.96. The Morgan fingerprint density at radius 2 is 1.17 bits per heavy atom. The zero-order chi connectivity index (χ0) is 21.3. The molecular formula is C27H24Cl2Zr-2. The second-order valence-corrected chi connectivity index (χ2v) is 16.5. The average Bonchev–Trinajstić information content (AvgIpc) is 3.43. The molecule has 0 heterocycles. The van der Waals surface area contributed by atoms with Crippen LogP contribution >= 0.6 is 17.0 Å². The minimum atomic E-state index is -1.84. The van der Waals surface area contributed by atoms with Crippen LogP contribution in [0.2, 0.25) is 0 Å². The van der Waals surface area contributed by atoms with Crippen LogP contribution in [0.25, 0.3) is 32.7 Å². The Kier molecular flexibility index (Phi) is 8.82. The molecule has 0 spiro atoms. The van der Waals surface area contributed by atoms with Gasteiger partial charge in [0.2, 0.25) is 0 Å². The number of hydrogen-bond acceptors (Lipinski definition) is 0. The van der Waals surface area contributed by atoms with Crippen LogP contribution in [0.15, 0.2) is 109 Å². The fourth-order valence-corrected chi connectivity index (χ4v) is 3.10. The first kappa shape index (κ1) is 22.9. The largest absolute Gasteiger partial charge is 0.176 e. The normalized spacial score (nSPS) is 10.0. The quantitative estimate of drug-likeness (QED) is 0.198. The van der Waals surface area contributed by atoms with Crippen molar-refractivity contribution in [3.8, 4) is 11.1 Å².